The van der Waals surface area contributed by atoms with Gasteiger partial charge in [-0.15, -0.1) is 0 Å². The van der Waals surface area contributed by atoms with E-state index in [9.17, 15) is 0 Å². The van der Waals surface area contributed by atoms with E-state index in [1.807, 2.05) is 0 Å². The Kier molecular flexibility index (Phi) is 9.94. The maximum atomic E-state index is 8.82. The molecular formula is C11H25NO. The molecule has 0 heterocycles. The summed E-state index contributed by atoms with van der Waals surface area (Å²) in [6, 6.07) is 0. The number of rotatable bonds is 9. The Morgan fingerprint density at radius 2 is 1.62 bits per heavy atom. The standard InChI is InChI=1S/C11H25NO/c1-3-5-6-7-9-12(8-4-2)10-11-13/h13H,3-11H2,1-2H3. The lowest BCUT2D eigenvalue weighted by atomic mass is 10.2. The van der Waals surface area contributed by atoms with E-state index in [0.29, 0.717) is 6.61 Å². The van der Waals surface area contributed by atoms with Gasteiger partial charge in [0.15, 0.2) is 0 Å². The van der Waals surface area contributed by atoms with Crippen LogP contribution in [0.2, 0.25) is 0 Å². The Morgan fingerprint density at radius 3 is 2.15 bits per heavy atom. The third kappa shape index (κ3) is 8.26. The Bertz CT molecular complexity index is 90.1. The molecule has 0 rings (SSSR count). The highest BCUT2D eigenvalue weighted by atomic mass is 16.3. The first-order valence-corrected chi connectivity index (χ1v) is 5.68. The summed E-state index contributed by atoms with van der Waals surface area (Å²) in [6.45, 7) is 7.86. The van der Waals surface area contributed by atoms with E-state index in [0.717, 1.165) is 19.6 Å². The average Bonchev–Trinajstić information content (AvgIpc) is 2.13. The van der Waals surface area contributed by atoms with E-state index in [4.69, 9.17) is 5.11 Å². The predicted octanol–water partition coefficient (Wildman–Crippen LogP) is 2.27. The summed E-state index contributed by atoms with van der Waals surface area (Å²) in [4.78, 5) is 2.36. The molecule has 0 aromatic rings. The van der Waals surface area contributed by atoms with Gasteiger partial charge in [-0.1, -0.05) is 33.1 Å². The van der Waals surface area contributed by atoms with Crippen LogP contribution in [0.15, 0.2) is 0 Å². The summed E-state index contributed by atoms with van der Waals surface area (Å²) < 4.78 is 0. The summed E-state index contributed by atoms with van der Waals surface area (Å²) in [5, 5.41) is 8.82. The van der Waals surface area contributed by atoms with Crippen LogP contribution in [-0.2, 0) is 0 Å². The molecule has 0 fully saturated rings. The number of aliphatic hydroxyl groups is 1. The first-order valence-electron chi connectivity index (χ1n) is 5.68. The molecule has 0 amide bonds. The van der Waals surface area contributed by atoms with Gasteiger partial charge < -0.3 is 10.0 Å². The van der Waals surface area contributed by atoms with Crippen molar-refractivity contribution in [2.24, 2.45) is 0 Å². The molecule has 0 saturated carbocycles. The number of unbranched alkanes of at least 4 members (excludes halogenated alkanes) is 3. The lowest BCUT2D eigenvalue weighted by Gasteiger charge is -2.20. The molecule has 80 valence electrons. The zero-order valence-electron chi connectivity index (χ0n) is 9.26. The van der Waals surface area contributed by atoms with Gasteiger partial charge in [0.1, 0.15) is 0 Å². The topological polar surface area (TPSA) is 23.5 Å². The van der Waals surface area contributed by atoms with Crippen molar-refractivity contribution < 1.29 is 5.11 Å². The van der Waals surface area contributed by atoms with E-state index < -0.39 is 0 Å². The smallest absolute Gasteiger partial charge is 0.0558 e. The maximum Gasteiger partial charge on any atom is 0.0558 e. The summed E-state index contributed by atoms with van der Waals surface area (Å²) >= 11 is 0. The zero-order chi connectivity index (χ0) is 9.94. The van der Waals surface area contributed by atoms with Gasteiger partial charge in [-0.05, 0) is 25.9 Å². The van der Waals surface area contributed by atoms with Crippen LogP contribution in [0.3, 0.4) is 0 Å². The number of aliphatic hydroxyl groups excluding tert-OH is 1. The molecule has 0 aliphatic carbocycles. The molecule has 0 bridgehead atoms. The number of nitrogens with zero attached hydrogens (tertiary/aromatic N) is 1. The monoisotopic (exact) mass is 187 g/mol. The molecule has 0 aromatic heterocycles. The van der Waals surface area contributed by atoms with Crippen molar-refractivity contribution in [1.29, 1.82) is 0 Å². The molecule has 0 aliphatic rings. The Hall–Kier alpha value is -0.0800. The Balaban J connectivity index is 3.33. The maximum absolute atomic E-state index is 8.82. The second-order valence-corrected chi connectivity index (χ2v) is 3.63. The van der Waals surface area contributed by atoms with Gasteiger partial charge in [0.2, 0.25) is 0 Å². The lowest BCUT2D eigenvalue weighted by molar-refractivity contribution is 0.193. The molecule has 0 radical (unpaired) electrons. The second kappa shape index (κ2) is 10.0. The SMILES string of the molecule is CCCCCCN(CCC)CCO. The van der Waals surface area contributed by atoms with Crippen molar-refractivity contribution >= 4 is 0 Å². The summed E-state index contributed by atoms with van der Waals surface area (Å²) in [5.41, 5.74) is 0. The highest BCUT2D eigenvalue weighted by molar-refractivity contribution is 4.56. The number of hydrogen-bond acceptors (Lipinski definition) is 2. The van der Waals surface area contributed by atoms with Crippen LogP contribution < -0.4 is 0 Å². The largest absolute Gasteiger partial charge is 0.395 e. The Labute approximate surface area is 82.9 Å². The van der Waals surface area contributed by atoms with Crippen LogP contribution in [0.4, 0.5) is 0 Å². The van der Waals surface area contributed by atoms with Gasteiger partial charge in [-0.2, -0.15) is 0 Å². The van der Waals surface area contributed by atoms with Crippen LogP contribution >= 0.6 is 0 Å². The highest BCUT2D eigenvalue weighted by Gasteiger charge is 2.01. The molecule has 0 unspecified atom stereocenters. The van der Waals surface area contributed by atoms with Crippen LogP contribution in [0.1, 0.15) is 46.0 Å². The molecular weight excluding hydrogens is 162 g/mol. The zero-order valence-corrected chi connectivity index (χ0v) is 9.26. The van der Waals surface area contributed by atoms with Crippen LogP contribution in [0.25, 0.3) is 0 Å². The quantitative estimate of drug-likeness (QED) is 0.560. The third-order valence-corrected chi connectivity index (χ3v) is 2.28. The average molecular weight is 187 g/mol. The first-order chi connectivity index (χ1) is 6.35. The highest BCUT2D eigenvalue weighted by Crippen LogP contribution is 2.01. The van der Waals surface area contributed by atoms with Crippen molar-refractivity contribution in [2.75, 3.05) is 26.2 Å². The normalized spacial score (nSPS) is 11.1. The van der Waals surface area contributed by atoms with Crippen molar-refractivity contribution in [3.8, 4) is 0 Å². The molecule has 0 aromatic carbocycles. The second-order valence-electron chi connectivity index (χ2n) is 3.63. The third-order valence-electron chi connectivity index (χ3n) is 2.28. The van der Waals surface area contributed by atoms with Crippen LogP contribution in [0, 0.1) is 0 Å². The van der Waals surface area contributed by atoms with Crippen molar-refractivity contribution in [3.05, 3.63) is 0 Å². The fraction of sp³-hybridized carbons (Fsp3) is 1.00. The van der Waals surface area contributed by atoms with E-state index >= 15 is 0 Å². The van der Waals surface area contributed by atoms with Crippen LogP contribution in [0.5, 0.6) is 0 Å². The van der Waals surface area contributed by atoms with Gasteiger partial charge >= 0.3 is 0 Å². The van der Waals surface area contributed by atoms with E-state index in [1.54, 1.807) is 0 Å². The van der Waals surface area contributed by atoms with E-state index in [-0.39, 0.29) is 0 Å². The molecule has 0 saturated heterocycles. The molecule has 2 nitrogen and oxygen atoms in total. The van der Waals surface area contributed by atoms with Crippen molar-refractivity contribution in [2.45, 2.75) is 46.0 Å². The van der Waals surface area contributed by atoms with Gasteiger partial charge in [-0.3, -0.25) is 0 Å². The summed E-state index contributed by atoms with van der Waals surface area (Å²) in [6.07, 6.45) is 6.45. The van der Waals surface area contributed by atoms with Crippen molar-refractivity contribution in [3.63, 3.8) is 0 Å². The molecule has 0 atom stereocenters. The Morgan fingerprint density at radius 1 is 0.846 bits per heavy atom. The molecule has 0 aliphatic heterocycles. The molecule has 2 heteroatoms. The van der Waals surface area contributed by atoms with Gasteiger partial charge in [0.25, 0.3) is 0 Å². The molecule has 0 spiro atoms. The van der Waals surface area contributed by atoms with Gasteiger partial charge in [0, 0.05) is 6.54 Å². The van der Waals surface area contributed by atoms with Gasteiger partial charge in [0.05, 0.1) is 6.61 Å². The summed E-state index contributed by atoms with van der Waals surface area (Å²) in [5.74, 6) is 0. The minimum absolute atomic E-state index is 0.299. The fourth-order valence-electron chi connectivity index (χ4n) is 1.56. The molecule has 1 N–H and O–H groups in total. The van der Waals surface area contributed by atoms with E-state index in [2.05, 4.69) is 18.7 Å². The van der Waals surface area contributed by atoms with E-state index in [1.165, 1.54) is 32.1 Å². The lowest BCUT2D eigenvalue weighted by Crippen LogP contribution is -2.28. The van der Waals surface area contributed by atoms with Gasteiger partial charge in [-0.25, -0.2) is 0 Å². The minimum Gasteiger partial charge on any atom is -0.395 e. The molecule has 13 heavy (non-hydrogen) atoms. The number of hydrogen-bond donors (Lipinski definition) is 1. The predicted molar refractivity (Wildman–Crippen MR) is 58.0 cm³/mol. The fourth-order valence-corrected chi connectivity index (χ4v) is 1.56. The minimum atomic E-state index is 0.299. The summed E-state index contributed by atoms with van der Waals surface area (Å²) in [7, 11) is 0. The van der Waals surface area contributed by atoms with Crippen LogP contribution in [-0.4, -0.2) is 36.2 Å². The first kappa shape index (κ1) is 12.9. The van der Waals surface area contributed by atoms with Crippen molar-refractivity contribution in [1.82, 2.24) is 4.90 Å².